The van der Waals surface area contributed by atoms with Crippen LogP contribution in [0.2, 0.25) is 0 Å². The number of hydrogen-bond acceptors (Lipinski definition) is 2. The summed E-state index contributed by atoms with van der Waals surface area (Å²) in [5.74, 6) is 1.65. The van der Waals surface area contributed by atoms with Crippen LogP contribution in [0, 0.1) is 0 Å². The minimum absolute atomic E-state index is 0.575. The summed E-state index contributed by atoms with van der Waals surface area (Å²) >= 11 is 0. The van der Waals surface area contributed by atoms with Gasteiger partial charge in [0.2, 0.25) is 0 Å². The third kappa shape index (κ3) is 7.52. The highest BCUT2D eigenvalue weighted by atomic mass is 16.5. The molecule has 21 heavy (non-hydrogen) atoms. The fourth-order valence-corrected chi connectivity index (χ4v) is 2.43. The van der Waals surface area contributed by atoms with Gasteiger partial charge in [-0.05, 0) is 56.3 Å². The third-order valence-corrected chi connectivity index (χ3v) is 3.99. The summed E-state index contributed by atoms with van der Waals surface area (Å²) in [4.78, 5) is 0. The lowest BCUT2D eigenvalue weighted by Gasteiger charge is -2.15. The van der Waals surface area contributed by atoms with Gasteiger partial charge in [0.05, 0.1) is 6.61 Å². The Balaban J connectivity index is 2.15. The predicted molar refractivity (Wildman–Crippen MR) is 92.3 cm³/mol. The summed E-state index contributed by atoms with van der Waals surface area (Å²) < 4.78 is 5.99. The van der Waals surface area contributed by atoms with Gasteiger partial charge in [0.25, 0.3) is 0 Å². The smallest absolute Gasteiger partial charge is 0.122 e. The molecule has 1 N–H and O–H groups in total. The van der Waals surface area contributed by atoms with Crippen LogP contribution in [0.1, 0.15) is 70.8 Å². The van der Waals surface area contributed by atoms with Gasteiger partial charge in [-0.3, -0.25) is 0 Å². The van der Waals surface area contributed by atoms with Crippen LogP contribution >= 0.6 is 0 Å². The summed E-state index contributed by atoms with van der Waals surface area (Å²) in [6.45, 7) is 9.86. The van der Waals surface area contributed by atoms with E-state index in [1.54, 1.807) is 0 Å². The number of rotatable bonds is 12. The van der Waals surface area contributed by atoms with Gasteiger partial charge in [0, 0.05) is 0 Å². The molecule has 0 saturated carbocycles. The number of unbranched alkanes of at least 4 members (excludes halogenated alkanes) is 3. The largest absolute Gasteiger partial charge is 0.493 e. The molecule has 120 valence electrons. The summed E-state index contributed by atoms with van der Waals surface area (Å²) in [5, 5.41) is 3.45. The standard InChI is InChI=1S/C19H33NO/c1-4-14-20-15-10-6-7-11-16-21-19-13-9-8-12-18(19)17(3)5-2/h8-9,12-13,17,20H,4-7,10-11,14-16H2,1-3H3. The molecule has 0 aliphatic carbocycles. The molecular weight excluding hydrogens is 258 g/mol. The van der Waals surface area contributed by atoms with Gasteiger partial charge in [-0.25, -0.2) is 0 Å². The number of nitrogens with one attached hydrogen (secondary N) is 1. The van der Waals surface area contributed by atoms with Gasteiger partial charge >= 0.3 is 0 Å². The van der Waals surface area contributed by atoms with E-state index in [2.05, 4.69) is 50.4 Å². The first-order valence-electron chi connectivity index (χ1n) is 8.72. The van der Waals surface area contributed by atoms with E-state index < -0.39 is 0 Å². The van der Waals surface area contributed by atoms with E-state index in [9.17, 15) is 0 Å². The highest BCUT2D eigenvalue weighted by Gasteiger charge is 2.08. The molecular formula is C19H33NO. The van der Waals surface area contributed by atoms with Crippen molar-refractivity contribution in [1.29, 1.82) is 0 Å². The second-order valence-corrected chi connectivity index (χ2v) is 5.86. The molecule has 2 heteroatoms. The maximum atomic E-state index is 5.99. The molecule has 0 aliphatic rings. The molecule has 1 aromatic carbocycles. The van der Waals surface area contributed by atoms with Gasteiger partial charge in [0.1, 0.15) is 5.75 Å². The zero-order chi connectivity index (χ0) is 15.3. The molecule has 0 aromatic heterocycles. The molecule has 0 spiro atoms. The normalized spacial score (nSPS) is 12.3. The zero-order valence-corrected chi connectivity index (χ0v) is 14.2. The van der Waals surface area contributed by atoms with Crippen molar-refractivity contribution in [2.45, 2.75) is 65.2 Å². The van der Waals surface area contributed by atoms with Crippen LogP contribution in [0.5, 0.6) is 5.75 Å². The Hall–Kier alpha value is -1.02. The fraction of sp³-hybridized carbons (Fsp3) is 0.684. The van der Waals surface area contributed by atoms with E-state index in [4.69, 9.17) is 4.74 Å². The number of ether oxygens (including phenoxy) is 1. The number of benzene rings is 1. The van der Waals surface area contributed by atoms with Crippen LogP contribution in [0.4, 0.5) is 0 Å². The van der Waals surface area contributed by atoms with Crippen LogP contribution in [0.25, 0.3) is 0 Å². The second-order valence-electron chi connectivity index (χ2n) is 5.86. The topological polar surface area (TPSA) is 21.3 Å². The summed E-state index contributed by atoms with van der Waals surface area (Å²) in [6, 6.07) is 8.48. The Morgan fingerprint density at radius 1 is 1.00 bits per heavy atom. The molecule has 1 rings (SSSR count). The first kappa shape index (κ1) is 18.0. The van der Waals surface area contributed by atoms with Crippen LogP contribution in [0.3, 0.4) is 0 Å². The van der Waals surface area contributed by atoms with Crippen molar-refractivity contribution in [3.05, 3.63) is 29.8 Å². The van der Waals surface area contributed by atoms with Crippen molar-refractivity contribution >= 4 is 0 Å². The maximum absolute atomic E-state index is 5.99. The van der Waals surface area contributed by atoms with Crippen molar-refractivity contribution in [2.24, 2.45) is 0 Å². The average molecular weight is 291 g/mol. The van der Waals surface area contributed by atoms with E-state index in [0.29, 0.717) is 5.92 Å². The molecule has 0 heterocycles. The van der Waals surface area contributed by atoms with Gasteiger partial charge in [0.15, 0.2) is 0 Å². The molecule has 0 bridgehead atoms. The van der Waals surface area contributed by atoms with Crippen LogP contribution < -0.4 is 10.1 Å². The minimum atomic E-state index is 0.575. The molecule has 0 aliphatic heterocycles. The van der Waals surface area contributed by atoms with Gasteiger partial charge < -0.3 is 10.1 Å². The average Bonchev–Trinajstić information content (AvgIpc) is 2.53. The van der Waals surface area contributed by atoms with E-state index in [1.165, 1.54) is 31.2 Å². The predicted octanol–water partition coefficient (Wildman–Crippen LogP) is 5.14. The van der Waals surface area contributed by atoms with Crippen molar-refractivity contribution in [2.75, 3.05) is 19.7 Å². The molecule has 1 aromatic rings. The Bertz CT molecular complexity index is 364. The Labute approximate surface area is 131 Å². The molecule has 0 radical (unpaired) electrons. The van der Waals surface area contributed by atoms with Crippen molar-refractivity contribution < 1.29 is 4.74 Å². The van der Waals surface area contributed by atoms with Crippen molar-refractivity contribution in [3.8, 4) is 5.75 Å². The summed E-state index contributed by atoms with van der Waals surface area (Å²) in [5.41, 5.74) is 1.35. The molecule has 1 atom stereocenters. The molecule has 0 amide bonds. The Morgan fingerprint density at radius 2 is 1.76 bits per heavy atom. The second kappa shape index (κ2) is 11.6. The quantitative estimate of drug-likeness (QED) is 0.538. The van der Waals surface area contributed by atoms with Gasteiger partial charge in [-0.1, -0.05) is 51.8 Å². The Morgan fingerprint density at radius 3 is 2.52 bits per heavy atom. The Kier molecular flexibility index (Phi) is 9.98. The lowest BCUT2D eigenvalue weighted by molar-refractivity contribution is 0.300. The molecule has 0 fully saturated rings. The lowest BCUT2D eigenvalue weighted by Crippen LogP contribution is -2.15. The zero-order valence-electron chi connectivity index (χ0n) is 14.2. The number of para-hydroxylation sites is 1. The third-order valence-electron chi connectivity index (χ3n) is 3.99. The maximum Gasteiger partial charge on any atom is 0.122 e. The van der Waals surface area contributed by atoms with Crippen molar-refractivity contribution in [1.82, 2.24) is 5.32 Å². The first-order valence-corrected chi connectivity index (χ1v) is 8.72. The lowest BCUT2D eigenvalue weighted by atomic mass is 9.98. The van der Waals surface area contributed by atoms with E-state index in [1.807, 2.05) is 0 Å². The van der Waals surface area contributed by atoms with E-state index >= 15 is 0 Å². The molecule has 1 unspecified atom stereocenters. The van der Waals surface area contributed by atoms with Crippen molar-refractivity contribution in [3.63, 3.8) is 0 Å². The molecule has 0 saturated heterocycles. The highest BCUT2D eigenvalue weighted by Crippen LogP contribution is 2.28. The summed E-state index contributed by atoms with van der Waals surface area (Å²) in [7, 11) is 0. The highest BCUT2D eigenvalue weighted by molar-refractivity contribution is 5.35. The van der Waals surface area contributed by atoms with Crippen LogP contribution in [0.15, 0.2) is 24.3 Å². The molecule has 2 nitrogen and oxygen atoms in total. The van der Waals surface area contributed by atoms with Crippen LogP contribution in [-0.2, 0) is 0 Å². The van der Waals surface area contributed by atoms with Gasteiger partial charge in [-0.15, -0.1) is 0 Å². The SMILES string of the molecule is CCCNCCCCCCOc1ccccc1C(C)CC. The monoisotopic (exact) mass is 291 g/mol. The van der Waals surface area contributed by atoms with E-state index in [-0.39, 0.29) is 0 Å². The van der Waals surface area contributed by atoms with Gasteiger partial charge in [-0.2, -0.15) is 0 Å². The fourth-order valence-electron chi connectivity index (χ4n) is 2.43. The van der Waals surface area contributed by atoms with E-state index in [0.717, 1.165) is 38.3 Å². The van der Waals surface area contributed by atoms with Crippen LogP contribution in [-0.4, -0.2) is 19.7 Å². The minimum Gasteiger partial charge on any atom is -0.493 e. The first-order chi connectivity index (χ1) is 10.3. The summed E-state index contributed by atoms with van der Waals surface area (Å²) in [6.07, 6.45) is 7.38. The number of hydrogen-bond donors (Lipinski definition) is 1.